The van der Waals surface area contributed by atoms with Crippen molar-refractivity contribution < 1.29 is 18.0 Å². The Bertz CT molecular complexity index is 490. The predicted molar refractivity (Wildman–Crippen MR) is 76.0 cm³/mol. The summed E-state index contributed by atoms with van der Waals surface area (Å²) in [5.41, 5.74) is 1.70. The summed E-state index contributed by atoms with van der Waals surface area (Å²) in [7, 11) is 0. The summed E-state index contributed by atoms with van der Waals surface area (Å²) in [6.07, 6.45) is 2.94. The monoisotopic (exact) mass is 318 g/mol. The highest BCUT2D eigenvalue weighted by molar-refractivity contribution is 8.00. The van der Waals surface area contributed by atoms with Gasteiger partial charge in [-0.05, 0) is 61.3 Å². The second-order valence-electron chi connectivity index (χ2n) is 5.08. The van der Waals surface area contributed by atoms with Gasteiger partial charge in [0.2, 0.25) is 0 Å². The highest BCUT2D eigenvalue weighted by Crippen LogP contribution is 2.36. The first-order chi connectivity index (χ1) is 9.89. The van der Waals surface area contributed by atoms with Crippen molar-refractivity contribution in [1.29, 1.82) is 0 Å². The van der Waals surface area contributed by atoms with Crippen LogP contribution in [-0.4, -0.2) is 24.0 Å². The Morgan fingerprint density at radius 1 is 1.29 bits per heavy atom. The molecule has 7 heteroatoms. The molecule has 1 aromatic carbocycles. The van der Waals surface area contributed by atoms with Crippen LogP contribution in [0.4, 0.5) is 13.2 Å². The lowest BCUT2D eigenvalue weighted by molar-refractivity contribution is -0.0328. The van der Waals surface area contributed by atoms with Crippen LogP contribution in [0.15, 0.2) is 29.2 Å². The second kappa shape index (κ2) is 6.70. The van der Waals surface area contributed by atoms with Gasteiger partial charge in [-0.1, -0.05) is 6.42 Å². The summed E-state index contributed by atoms with van der Waals surface area (Å²) in [5, 5.41) is 2.92. The predicted octanol–water partition coefficient (Wildman–Crippen LogP) is 3.16. The van der Waals surface area contributed by atoms with Crippen LogP contribution in [0.3, 0.4) is 0 Å². The molecule has 0 spiro atoms. The number of nitrogens with two attached hydrogens (primary N) is 1. The molecule has 1 amide bonds. The summed E-state index contributed by atoms with van der Waals surface area (Å²) in [6.45, 7) is 0.534. The van der Waals surface area contributed by atoms with E-state index >= 15 is 0 Å². The van der Waals surface area contributed by atoms with E-state index in [1.807, 2.05) is 0 Å². The molecule has 2 atom stereocenters. The highest BCUT2D eigenvalue weighted by Gasteiger charge is 2.30. The fourth-order valence-corrected chi connectivity index (χ4v) is 3.11. The molecule has 1 aliphatic carbocycles. The Morgan fingerprint density at radius 2 is 1.95 bits per heavy atom. The van der Waals surface area contributed by atoms with Gasteiger partial charge in [0.1, 0.15) is 0 Å². The molecule has 3 nitrogen and oxygen atoms in total. The van der Waals surface area contributed by atoms with Crippen LogP contribution in [0.1, 0.15) is 29.6 Å². The zero-order valence-corrected chi connectivity index (χ0v) is 12.1. The molecule has 2 unspecified atom stereocenters. The third-order valence-corrected chi connectivity index (χ3v) is 4.37. The number of halogens is 3. The fourth-order valence-electron chi connectivity index (χ4n) is 2.57. The van der Waals surface area contributed by atoms with Gasteiger partial charge < -0.3 is 11.1 Å². The van der Waals surface area contributed by atoms with Gasteiger partial charge in [0.15, 0.2) is 0 Å². The van der Waals surface area contributed by atoms with E-state index in [4.69, 9.17) is 5.73 Å². The van der Waals surface area contributed by atoms with Crippen LogP contribution in [0.25, 0.3) is 0 Å². The lowest BCUT2D eigenvalue weighted by atomic mass is 10.0. The summed E-state index contributed by atoms with van der Waals surface area (Å²) < 4.78 is 36.7. The van der Waals surface area contributed by atoms with E-state index in [0.29, 0.717) is 12.1 Å². The van der Waals surface area contributed by atoms with Crippen molar-refractivity contribution in [2.75, 3.05) is 6.54 Å². The van der Waals surface area contributed by atoms with Crippen LogP contribution < -0.4 is 11.1 Å². The number of nitrogens with one attached hydrogen (secondary N) is 1. The molecule has 1 fully saturated rings. The van der Waals surface area contributed by atoms with Crippen molar-refractivity contribution in [1.82, 2.24) is 5.32 Å². The Labute approximate surface area is 125 Å². The van der Waals surface area contributed by atoms with Gasteiger partial charge in [-0.3, -0.25) is 4.79 Å². The van der Waals surface area contributed by atoms with Gasteiger partial charge in [-0.15, -0.1) is 0 Å². The highest BCUT2D eigenvalue weighted by atomic mass is 32.2. The lowest BCUT2D eigenvalue weighted by Crippen LogP contribution is -2.39. The Hall–Kier alpha value is -1.21. The third kappa shape index (κ3) is 4.64. The van der Waals surface area contributed by atoms with E-state index in [2.05, 4.69) is 5.32 Å². The third-order valence-electron chi connectivity index (χ3n) is 3.63. The van der Waals surface area contributed by atoms with Crippen molar-refractivity contribution in [2.24, 2.45) is 11.7 Å². The quantitative estimate of drug-likeness (QED) is 0.839. The number of alkyl halides is 3. The molecule has 21 heavy (non-hydrogen) atoms. The summed E-state index contributed by atoms with van der Waals surface area (Å²) in [6, 6.07) is 5.50. The van der Waals surface area contributed by atoms with Crippen molar-refractivity contribution in [3.05, 3.63) is 29.8 Å². The van der Waals surface area contributed by atoms with Crippen molar-refractivity contribution in [3.63, 3.8) is 0 Å². The summed E-state index contributed by atoms with van der Waals surface area (Å²) in [4.78, 5) is 12.1. The number of thioether (sulfide) groups is 1. The van der Waals surface area contributed by atoms with Crippen molar-refractivity contribution >= 4 is 17.7 Å². The number of hydrogen-bond donors (Lipinski definition) is 2. The maximum atomic E-state index is 12.2. The molecule has 1 saturated carbocycles. The van der Waals surface area contributed by atoms with E-state index in [1.54, 1.807) is 0 Å². The van der Waals surface area contributed by atoms with Gasteiger partial charge in [-0.2, -0.15) is 13.2 Å². The van der Waals surface area contributed by atoms with Gasteiger partial charge in [0.25, 0.3) is 5.91 Å². The summed E-state index contributed by atoms with van der Waals surface area (Å²) in [5.74, 6) is 0.0258. The van der Waals surface area contributed by atoms with E-state index < -0.39 is 5.51 Å². The number of carbonyl (C=O) groups excluding carboxylic acids is 1. The topological polar surface area (TPSA) is 55.1 Å². The molecular weight excluding hydrogens is 301 g/mol. The molecule has 3 N–H and O–H groups in total. The molecule has 0 aromatic heterocycles. The molecule has 1 aliphatic rings. The average molecular weight is 318 g/mol. The van der Waals surface area contributed by atoms with Gasteiger partial charge >= 0.3 is 5.51 Å². The van der Waals surface area contributed by atoms with E-state index in [0.717, 1.165) is 19.3 Å². The zero-order valence-electron chi connectivity index (χ0n) is 11.3. The maximum absolute atomic E-state index is 12.2. The molecule has 0 radical (unpaired) electrons. The largest absolute Gasteiger partial charge is 0.446 e. The standard InChI is InChI=1S/C14H17F3N2OS/c15-14(16,17)21-11-6-4-9(5-7-11)13(20)19-12-3-1-2-10(12)8-18/h4-7,10,12H,1-3,8,18H2,(H,19,20). The number of rotatable bonds is 4. The van der Waals surface area contributed by atoms with E-state index in [1.165, 1.54) is 24.3 Å². The summed E-state index contributed by atoms with van der Waals surface area (Å²) >= 11 is -0.190. The molecule has 2 rings (SSSR count). The molecule has 0 bridgehead atoms. The van der Waals surface area contributed by atoms with Gasteiger partial charge in [0, 0.05) is 16.5 Å². The average Bonchev–Trinajstić information content (AvgIpc) is 2.85. The molecular formula is C14H17F3N2OS. The normalized spacial score (nSPS) is 22.3. The van der Waals surface area contributed by atoms with Crippen LogP contribution in [-0.2, 0) is 0 Å². The molecule has 0 saturated heterocycles. The first-order valence-corrected chi connectivity index (χ1v) is 7.57. The minimum absolute atomic E-state index is 0.0618. The van der Waals surface area contributed by atoms with E-state index in [9.17, 15) is 18.0 Å². The zero-order chi connectivity index (χ0) is 15.5. The van der Waals surface area contributed by atoms with Crippen LogP contribution in [0.5, 0.6) is 0 Å². The van der Waals surface area contributed by atoms with Gasteiger partial charge in [-0.25, -0.2) is 0 Å². The number of benzene rings is 1. The fraction of sp³-hybridized carbons (Fsp3) is 0.500. The SMILES string of the molecule is NCC1CCCC1NC(=O)c1ccc(SC(F)(F)F)cc1. The Balaban J connectivity index is 1.97. The minimum Gasteiger partial charge on any atom is -0.349 e. The van der Waals surface area contributed by atoms with Crippen LogP contribution in [0.2, 0.25) is 0 Å². The molecule has 116 valence electrons. The molecule has 1 aromatic rings. The minimum atomic E-state index is -4.32. The van der Waals surface area contributed by atoms with Gasteiger partial charge in [0.05, 0.1) is 0 Å². The Morgan fingerprint density at radius 3 is 2.52 bits per heavy atom. The number of hydrogen-bond acceptors (Lipinski definition) is 3. The lowest BCUT2D eigenvalue weighted by Gasteiger charge is -2.19. The number of carbonyl (C=O) groups is 1. The first kappa shape index (κ1) is 16.2. The smallest absolute Gasteiger partial charge is 0.349 e. The second-order valence-corrected chi connectivity index (χ2v) is 6.22. The first-order valence-electron chi connectivity index (χ1n) is 6.76. The molecule has 0 aliphatic heterocycles. The van der Waals surface area contributed by atoms with Crippen molar-refractivity contribution in [3.8, 4) is 0 Å². The number of amides is 1. The van der Waals surface area contributed by atoms with Crippen LogP contribution in [0, 0.1) is 5.92 Å². The molecule has 0 heterocycles. The van der Waals surface area contributed by atoms with E-state index in [-0.39, 0.29) is 34.5 Å². The Kier molecular flexibility index (Phi) is 5.16. The van der Waals surface area contributed by atoms with Crippen LogP contribution >= 0.6 is 11.8 Å². The van der Waals surface area contributed by atoms with Crippen molar-refractivity contribution in [2.45, 2.75) is 35.7 Å². The maximum Gasteiger partial charge on any atom is 0.446 e.